The number of phenolic OH excluding ortho intramolecular Hbond substituents is 1. The molecule has 1 aromatic carbocycles. The second-order valence-electron chi connectivity index (χ2n) is 4.46. The molecule has 1 saturated heterocycles. The number of aryl methyl sites for hydroxylation is 1. The van der Waals surface area contributed by atoms with Gasteiger partial charge in [-0.15, -0.1) is 0 Å². The highest BCUT2D eigenvalue weighted by molar-refractivity contribution is 5.96. The molecule has 5 nitrogen and oxygen atoms in total. The number of benzene rings is 1. The molecule has 1 aromatic rings. The largest absolute Gasteiger partial charge is 0.507 e. The summed E-state index contributed by atoms with van der Waals surface area (Å²) in [5, 5.41) is 15.7. The van der Waals surface area contributed by atoms with Crippen molar-refractivity contribution >= 4 is 5.91 Å². The molecule has 0 bridgehead atoms. The summed E-state index contributed by atoms with van der Waals surface area (Å²) in [6, 6.07) is 5.15. The molecule has 0 spiro atoms. The molecular formula is C13H18N2O3. The fourth-order valence-corrected chi connectivity index (χ4v) is 1.90. The maximum atomic E-state index is 11.9. The summed E-state index contributed by atoms with van der Waals surface area (Å²) in [6.07, 6.45) is 0. The third-order valence-electron chi connectivity index (χ3n) is 2.91. The number of carbonyl (C=O) groups is 1. The molecule has 1 amide bonds. The maximum absolute atomic E-state index is 11.9. The smallest absolute Gasteiger partial charge is 0.255 e. The lowest BCUT2D eigenvalue weighted by molar-refractivity contribution is 0.0734. The number of amides is 1. The molecule has 1 unspecified atom stereocenters. The zero-order valence-electron chi connectivity index (χ0n) is 10.4. The average Bonchev–Trinajstić information content (AvgIpc) is 2.37. The Morgan fingerprint density at radius 1 is 1.61 bits per heavy atom. The van der Waals surface area contributed by atoms with Crippen molar-refractivity contribution in [2.75, 3.05) is 26.3 Å². The van der Waals surface area contributed by atoms with Crippen molar-refractivity contribution in [3.63, 3.8) is 0 Å². The lowest BCUT2D eigenvalue weighted by Crippen LogP contribution is -2.48. The molecule has 1 fully saturated rings. The van der Waals surface area contributed by atoms with E-state index >= 15 is 0 Å². The summed E-state index contributed by atoms with van der Waals surface area (Å²) in [5.41, 5.74) is 1.23. The van der Waals surface area contributed by atoms with Crippen LogP contribution in [0.4, 0.5) is 0 Å². The van der Waals surface area contributed by atoms with E-state index in [2.05, 4.69) is 10.6 Å². The number of rotatable bonds is 3. The zero-order valence-corrected chi connectivity index (χ0v) is 10.4. The van der Waals surface area contributed by atoms with Gasteiger partial charge in [0.1, 0.15) is 5.75 Å². The minimum Gasteiger partial charge on any atom is -0.507 e. The third-order valence-corrected chi connectivity index (χ3v) is 2.91. The number of aromatic hydroxyl groups is 1. The van der Waals surface area contributed by atoms with E-state index in [1.807, 2.05) is 6.92 Å². The first-order valence-electron chi connectivity index (χ1n) is 6.06. The van der Waals surface area contributed by atoms with E-state index in [0.717, 1.165) is 12.1 Å². The fraction of sp³-hybridized carbons (Fsp3) is 0.462. The number of hydrogen-bond donors (Lipinski definition) is 3. The Morgan fingerprint density at radius 2 is 2.44 bits per heavy atom. The van der Waals surface area contributed by atoms with Crippen molar-refractivity contribution in [2.24, 2.45) is 0 Å². The van der Waals surface area contributed by atoms with Gasteiger partial charge in [-0.25, -0.2) is 0 Å². The second-order valence-corrected chi connectivity index (χ2v) is 4.46. The highest BCUT2D eigenvalue weighted by Crippen LogP contribution is 2.17. The van der Waals surface area contributed by atoms with Gasteiger partial charge in [0.15, 0.2) is 0 Å². The van der Waals surface area contributed by atoms with Crippen LogP contribution in [0.5, 0.6) is 5.75 Å². The number of carbonyl (C=O) groups excluding carboxylic acids is 1. The highest BCUT2D eigenvalue weighted by Gasteiger charge is 2.16. The molecule has 0 aromatic heterocycles. The van der Waals surface area contributed by atoms with Crippen LogP contribution in [-0.4, -0.2) is 43.4 Å². The Morgan fingerprint density at radius 3 is 3.11 bits per heavy atom. The minimum atomic E-state index is -0.264. The predicted molar refractivity (Wildman–Crippen MR) is 67.8 cm³/mol. The van der Waals surface area contributed by atoms with Gasteiger partial charge in [0, 0.05) is 19.1 Å². The van der Waals surface area contributed by atoms with Crippen LogP contribution in [0.3, 0.4) is 0 Å². The molecule has 18 heavy (non-hydrogen) atoms. The summed E-state index contributed by atoms with van der Waals surface area (Å²) in [7, 11) is 0. The van der Waals surface area contributed by atoms with Gasteiger partial charge in [-0.05, 0) is 24.6 Å². The highest BCUT2D eigenvalue weighted by atomic mass is 16.5. The normalized spacial score (nSPS) is 19.5. The lowest BCUT2D eigenvalue weighted by Gasteiger charge is -2.24. The molecule has 1 heterocycles. The first kappa shape index (κ1) is 12.9. The summed E-state index contributed by atoms with van der Waals surface area (Å²) >= 11 is 0. The van der Waals surface area contributed by atoms with Crippen LogP contribution in [0.25, 0.3) is 0 Å². The van der Waals surface area contributed by atoms with Gasteiger partial charge in [-0.2, -0.15) is 0 Å². The fourth-order valence-electron chi connectivity index (χ4n) is 1.90. The van der Waals surface area contributed by atoms with E-state index < -0.39 is 0 Å². The molecule has 3 N–H and O–H groups in total. The van der Waals surface area contributed by atoms with Gasteiger partial charge in [0.25, 0.3) is 5.91 Å². The van der Waals surface area contributed by atoms with Crippen LogP contribution < -0.4 is 10.6 Å². The van der Waals surface area contributed by atoms with Crippen LogP contribution in [0, 0.1) is 6.92 Å². The Hall–Kier alpha value is -1.59. The Labute approximate surface area is 106 Å². The van der Waals surface area contributed by atoms with Gasteiger partial charge in [0.2, 0.25) is 0 Å². The predicted octanol–water partition coefficient (Wildman–Crippen LogP) is 0.419. The van der Waals surface area contributed by atoms with Crippen molar-refractivity contribution < 1.29 is 14.6 Å². The van der Waals surface area contributed by atoms with Gasteiger partial charge in [0.05, 0.1) is 18.8 Å². The molecule has 0 aliphatic carbocycles. The van der Waals surface area contributed by atoms with Crippen molar-refractivity contribution in [1.82, 2.24) is 10.6 Å². The van der Waals surface area contributed by atoms with E-state index in [0.29, 0.717) is 25.3 Å². The SMILES string of the molecule is Cc1ccc(C(=O)NCC2COCCN2)c(O)c1. The van der Waals surface area contributed by atoms with Gasteiger partial charge < -0.3 is 20.5 Å². The van der Waals surface area contributed by atoms with Crippen molar-refractivity contribution in [1.29, 1.82) is 0 Å². The average molecular weight is 250 g/mol. The van der Waals surface area contributed by atoms with Crippen molar-refractivity contribution in [2.45, 2.75) is 13.0 Å². The van der Waals surface area contributed by atoms with Gasteiger partial charge in [-0.3, -0.25) is 4.79 Å². The summed E-state index contributed by atoms with van der Waals surface area (Å²) in [5.74, 6) is -0.250. The monoisotopic (exact) mass is 250 g/mol. The summed E-state index contributed by atoms with van der Waals surface area (Å²) in [6.45, 7) is 4.47. The first-order valence-corrected chi connectivity index (χ1v) is 6.06. The molecule has 5 heteroatoms. The molecule has 1 aliphatic rings. The van der Waals surface area contributed by atoms with Gasteiger partial charge >= 0.3 is 0 Å². The molecule has 0 saturated carbocycles. The van der Waals surface area contributed by atoms with Crippen LogP contribution in [0.1, 0.15) is 15.9 Å². The Bertz CT molecular complexity index is 428. The molecule has 1 atom stereocenters. The molecule has 0 radical (unpaired) electrons. The minimum absolute atomic E-state index is 0.0142. The number of phenols is 1. The Balaban J connectivity index is 1.90. The standard InChI is InChI=1S/C13H18N2O3/c1-9-2-3-11(12(16)6-9)13(17)15-7-10-8-18-5-4-14-10/h2-3,6,10,14,16H,4-5,7-8H2,1H3,(H,15,17). The van der Waals surface area contributed by atoms with Crippen LogP contribution >= 0.6 is 0 Å². The third kappa shape index (κ3) is 3.21. The topological polar surface area (TPSA) is 70.6 Å². The van der Waals surface area contributed by atoms with E-state index in [1.165, 1.54) is 0 Å². The van der Waals surface area contributed by atoms with E-state index in [1.54, 1.807) is 18.2 Å². The number of ether oxygens (including phenoxy) is 1. The van der Waals surface area contributed by atoms with E-state index in [9.17, 15) is 9.90 Å². The molecular weight excluding hydrogens is 232 g/mol. The van der Waals surface area contributed by atoms with E-state index in [4.69, 9.17) is 4.74 Å². The zero-order chi connectivity index (χ0) is 13.0. The maximum Gasteiger partial charge on any atom is 0.255 e. The molecule has 2 rings (SSSR count). The number of nitrogens with one attached hydrogen (secondary N) is 2. The molecule has 98 valence electrons. The quantitative estimate of drug-likeness (QED) is 0.727. The van der Waals surface area contributed by atoms with Crippen molar-refractivity contribution in [3.05, 3.63) is 29.3 Å². The lowest BCUT2D eigenvalue weighted by atomic mass is 10.1. The molecule has 1 aliphatic heterocycles. The first-order chi connectivity index (χ1) is 8.66. The summed E-state index contributed by atoms with van der Waals surface area (Å²) in [4.78, 5) is 11.9. The number of morpholine rings is 1. The van der Waals surface area contributed by atoms with Crippen LogP contribution in [0.2, 0.25) is 0 Å². The van der Waals surface area contributed by atoms with E-state index in [-0.39, 0.29) is 17.7 Å². The van der Waals surface area contributed by atoms with Crippen molar-refractivity contribution in [3.8, 4) is 5.75 Å². The van der Waals surface area contributed by atoms with Crippen LogP contribution in [0.15, 0.2) is 18.2 Å². The van der Waals surface area contributed by atoms with Gasteiger partial charge in [-0.1, -0.05) is 6.07 Å². The number of hydrogen-bond acceptors (Lipinski definition) is 4. The Kier molecular flexibility index (Phi) is 4.17. The van der Waals surface area contributed by atoms with Crippen LogP contribution in [-0.2, 0) is 4.74 Å². The second kappa shape index (κ2) is 5.84. The summed E-state index contributed by atoms with van der Waals surface area (Å²) < 4.78 is 5.30.